The summed E-state index contributed by atoms with van der Waals surface area (Å²) in [5.41, 5.74) is -1.15. The van der Waals surface area contributed by atoms with Gasteiger partial charge in [-0.05, 0) is 12.1 Å². The third-order valence-electron chi connectivity index (χ3n) is 3.07. The molecule has 102 valence electrons. The molecule has 2 N–H and O–H groups in total. The van der Waals surface area contributed by atoms with Gasteiger partial charge in [0.2, 0.25) is 0 Å². The number of aromatic nitrogens is 1. The standard InChI is InChI=1S/C12H13ClN2O4/c13-8-1-2-9(14-7-8)10(16)15-12(11(17)18)3-5-19-6-4-12/h1-2,7H,3-6H2,(H,15,16)(H,17,18). The van der Waals surface area contributed by atoms with Crippen LogP contribution in [0.15, 0.2) is 18.3 Å². The molecule has 2 rings (SSSR count). The van der Waals surface area contributed by atoms with E-state index in [-0.39, 0.29) is 18.5 Å². The van der Waals surface area contributed by atoms with Gasteiger partial charge in [-0.2, -0.15) is 0 Å². The van der Waals surface area contributed by atoms with Crippen molar-refractivity contribution >= 4 is 23.5 Å². The minimum Gasteiger partial charge on any atom is -0.480 e. The van der Waals surface area contributed by atoms with Crippen LogP contribution in [0.2, 0.25) is 5.02 Å². The quantitative estimate of drug-likeness (QED) is 0.868. The molecule has 0 radical (unpaired) electrons. The monoisotopic (exact) mass is 284 g/mol. The van der Waals surface area contributed by atoms with Crippen LogP contribution in [0, 0.1) is 0 Å². The Bertz CT molecular complexity index is 483. The van der Waals surface area contributed by atoms with E-state index in [2.05, 4.69) is 10.3 Å². The molecule has 6 nitrogen and oxygen atoms in total. The van der Waals surface area contributed by atoms with Gasteiger partial charge in [0, 0.05) is 32.3 Å². The molecular formula is C12H13ClN2O4. The number of carbonyl (C=O) groups excluding carboxylic acids is 1. The minimum atomic E-state index is -1.28. The molecule has 1 aliphatic rings. The van der Waals surface area contributed by atoms with Crippen molar-refractivity contribution in [1.82, 2.24) is 10.3 Å². The molecule has 1 aliphatic heterocycles. The van der Waals surface area contributed by atoms with Gasteiger partial charge < -0.3 is 15.2 Å². The zero-order valence-electron chi connectivity index (χ0n) is 10.1. The second-order valence-electron chi connectivity index (χ2n) is 4.32. The summed E-state index contributed by atoms with van der Waals surface area (Å²) in [6.45, 7) is 0.612. The number of rotatable bonds is 3. The third-order valence-corrected chi connectivity index (χ3v) is 3.29. The van der Waals surface area contributed by atoms with E-state index in [1.54, 1.807) is 0 Å². The highest BCUT2D eigenvalue weighted by Gasteiger charge is 2.41. The zero-order valence-corrected chi connectivity index (χ0v) is 10.8. The summed E-state index contributed by atoms with van der Waals surface area (Å²) < 4.78 is 5.13. The SMILES string of the molecule is O=C(NC1(C(=O)O)CCOCC1)c1ccc(Cl)cn1. The van der Waals surface area contributed by atoms with Crippen LogP contribution < -0.4 is 5.32 Å². The lowest BCUT2D eigenvalue weighted by molar-refractivity contribution is -0.148. The number of aliphatic carboxylic acids is 1. The Morgan fingerprint density at radius 1 is 1.37 bits per heavy atom. The minimum absolute atomic E-state index is 0.136. The Labute approximate surface area is 114 Å². The maximum Gasteiger partial charge on any atom is 0.329 e. The van der Waals surface area contributed by atoms with Crippen LogP contribution in [0.5, 0.6) is 0 Å². The number of hydrogen-bond donors (Lipinski definition) is 2. The van der Waals surface area contributed by atoms with Crippen LogP contribution in [0.4, 0.5) is 0 Å². The Hall–Kier alpha value is -1.66. The average molecular weight is 285 g/mol. The maximum absolute atomic E-state index is 12.0. The average Bonchev–Trinajstić information content (AvgIpc) is 2.40. The predicted octanol–water partition coefficient (Wildman–Crippen LogP) is 1.10. The largest absolute Gasteiger partial charge is 0.480 e. The first-order valence-corrected chi connectivity index (χ1v) is 6.16. The van der Waals surface area contributed by atoms with Crippen LogP contribution in [0.3, 0.4) is 0 Å². The molecule has 19 heavy (non-hydrogen) atoms. The predicted molar refractivity (Wildman–Crippen MR) is 67.1 cm³/mol. The van der Waals surface area contributed by atoms with Crippen molar-refractivity contribution in [3.05, 3.63) is 29.0 Å². The van der Waals surface area contributed by atoms with Gasteiger partial charge in [-0.15, -0.1) is 0 Å². The Morgan fingerprint density at radius 2 is 2.05 bits per heavy atom. The van der Waals surface area contributed by atoms with Gasteiger partial charge in [-0.3, -0.25) is 4.79 Å². The maximum atomic E-state index is 12.0. The first-order valence-electron chi connectivity index (χ1n) is 5.79. The fourth-order valence-electron chi connectivity index (χ4n) is 1.90. The Kier molecular flexibility index (Phi) is 4.01. The Morgan fingerprint density at radius 3 is 2.58 bits per heavy atom. The summed E-state index contributed by atoms with van der Waals surface area (Å²) in [5, 5.41) is 12.3. The van der Waals surface area contributed by atoms with Crippen molar-refractivity contribution in [2.75, 3.05) is 13.2 Å². The van der Waals surface area contributed by atoms with E-state index >= 15 is 0 Å². The zero-order chi connectivity index (χ0) is 13.9. The highest BCUT2D eigenvalue weighted by atomic mass is 35.5. The summed E-state index contributed by atoms with van der Waals surface area (Å²) >= 11 is 5.68. The number of nitrogens with zero attached hydrogens (tertiary/aromatic N) is 1. The first kappa shape index (κ1) is 13.8. The van der Waals surface area contributed by atoms with E-state index in [0.29, 0.717) is 18.2 Å². The van der Waals surface area contributed by atoms with E-state index in [4.69, 9.17) is 16.3 Å². The molecule has 0 bridgehead atoms. The third kappa shape index (κ3) is 3.02. The smallest absolute Gasteiger partial charge is 0.329 e. The first-order chi connectivity index (χ1) is 9.03. The molecular weight excluding hydrogens is 272 g/mol. The number of carbonyl (C=O) groups is 2. The molecule has 0 spiro atoms. The van der Waals surface area contributed by atoms with Crippen LogP contribution in [0.1, 0.15) is 23.3 Å². The molecule has 1 saturated heterocycles. The van der Waals surface area contributed by atoms with Crippen LogP contribution in [0.25, 0.3) is 0 Å². The second-order valence-corrected chi connectivity index (χ2v) is 4.75. The van der Waals surface area contributed by atoms with Gasteiger partial charge >= 0.3 is 5.97 Å². The van der Waals surface area contributed by atoms with Gasteiger partial charge in [-0.25, -0.2) is 9.78 Å². The molecule has 1 aromatic heterocycles. The van der Waals surface area contributed by atoms with Crippen LogP contribution in [-0.4, -0.2) is 40.7 Å². The molecule has 7 heteroatoms. The molecule has 1 amide bonds. The highest BCUT2D eigenvalue weighted by molar-refractivity contribution is 6.30. The van der Waals surface area contributed by atoms with Gasteiger partial charge in [0.1, 0.15) is 11.2 Å². The molecule has 1 aromatic rings. The van der Waals surface area contributed by atoms with Crippen molar-refractivity contribution < 1.29 is 19.4 Å². The van der Waals surface area contributed by atoms with E-state index < -0.39 is 17.4 Å². The van der Waals surface area contributed by atoms with Crippen LogP contribution >= 0.6 is 11.6 Å². The Balaban J connectivity index is 2.15. The van der Waals surface area contributed by atoms with Crippen molar-refractivity contribution in [1.29, 1.82) is 0 Å². The summed E-state index contributed by atoms with van der Waals surface area (Å²) in [6, 6.07) is 2.98. The molecule has 0 aliphatic carbocycles. The highest BCUT2D eigenvalue weighted by Crippen LogP contribution is 2.21. The van der Waals surface area contributed by atoms with E-state index in [9.17, 15) is 14.7 Å². The number of pyridine rings is 1. The van der Waals surface area contributed by atoms with Crippen molar-refractivity contribution in [3.8, 4) is 0 Å². The van der Waals surface area contributed by atoms with Gasteiger partial charge in [0.05, 0.1) is 5.02 Å². The fourth-order valence-corrected chi connectivity index (χ4v) is 2.02. The van der Waals surface area contributed by atoms with Crippen molar-refractivity contribution in [2.45, 2.75) is 18.4 Å². The topological polar surface area (TPSA) is 88.5 Å². The number of carboxylic acid groups (broad SMARTS) is 1. The number of nitrogens with one attached hydrogen (secondary N) is 1. The van der Waals surface area contributed by atoms with E-state index in [1.807, 2.05) is 0 Å². The van der Waals surface area contributed by atoms with Gasteiger partial charge in [-0.1, -0.05) is 11.6 Å². The normalized spacial score (nSPS) is 17.7. The summed E-state index contributed by atoms with van der Waals surface area (Å²) in [4.78, 5) is 27.3. The van der Waals surface area contributed by atoms with Gasteiger partial charge in [0.15, 0.2) is 0 Å². The number of ether oxygens (including phenoxy) is 1. The van der Waals surface area contributed by atoms with Gasteiger partial charge in [0.25, 0.3) is 5.91 Å². The lowest BCUT2D eigenvalue weighted by atomic mass is 9.90. The molecule has 0 aromatic carbocycles. The molecule has 0 unspecified atom stereocenters. The molecule has 0 saturated carbocycles. The fraction of sp³-hybridized carbons (Fsp3) is 0.417. The lowest BCUT2D eigenvalue weighted by Crippen LogP contribution is -2.57. The lowest BCUT2D eigenvalue weighted by Gasteiger charge is -2.33. The molecule has 2 heterocycles. The van der Waals surface area contributed by atoms with Crippen LogP contribution in [-0.2, 0) is 9.53 Å². The summed E-state index contributed by atoms with van der Waals surface area (Å²) in [6.07, 6.45) is 1.82. The summed E-state index contributed by atoms with van der Waals surface area (Å²) in [7, 11) is 0. The van der Waals surface area contributed by atoms with Crippen molar-refractivity contribution in [3.63, 3.8) is 0 Å². The summed E-state index contributed by atoms with van der Waals surface area (Å²) in [5.74, 6) is -1.58. The molecule has 0 atom stereocenters. The number of carboxylic acids is 1. The second kappa shape index (κ2) is 5.54. The van der Waals surface area contributed by atoms with Crippen molar-refractivity contribution in [2.24, 2.45) is 0 Å². The van der Waals surface area contributed by atoms with E-state index in [0.717, 1.165) is 0 Å². The molecule has 1 fully saturated rings. The number of halogens is 1. The number of hydrogen-bond acceptors (Lipinski definition) is 4. The van der Waals surface area contributed by atoms with E-state index in [1.165, 1.54) is 18.3 Å². The number of amides is 1.